The lowest BCUT2D eigenvalue weighted by Gasteiger charge is -2.16. The Morgan fingerprint density at radius 3 is 2.56 bits per heavy atom. The number of carbonyl (C=O) groups excluding carboxylic acids is 3. The highest BCUT2D eigenvalue weighted by molar-refractivity contribution is 6.17. The van der Waals surface area contributed by atoms with Gasteiger partial charge in [0.1, 0.15) is 5.70 Å². The summed E-state index contributed by atoms with van der Waals surface area (Å²) in [6.07, 6.45) is -3.79. The molecule has 0 radical (unpaired) electrons. The van der Waals surface area contributed by atoms with Gasteiger partial charge in [0, 0.05) is 6.08 Å². The number of halogens is 3. The van der Waals surface area contributed by atoms with Gasteiger partial charge in [-0.25, -0.2) is 4.79 Å². The molecule has 2 rings (SSSR count). The Balaban J connectivity index is 2.40. The first-order valence-corrected chi connectivity index (χ1v) is 6.94. The zero-order valence-corrected chi connectivity index (χ0v) is 12.9. The monoisotopic (exact) mass is 358 g/mol. The molecule has 0 saturated heterocycles. The van der Waals surface area contributed by atoms with E-state index in [0.29, 0.717) is 17.0 Å². The van der Waals surface area contributed by atoms with Crippen molar-refractivity contribution in [1.29, 1.82) is 0 Å². The lowest BCUT2D eigenvalue weighted by molar-refractivity contribution is -0.138. The highest BCUT2D eigenvalue weighted by Crippen LogP contribution is 2.33. The summed E-state index contributed by atoms with van der Waals surface area (Å²) in [5.74, 6) is -2.47. The fourth-order valence-electron chi connectivity index (χ4n) is 2.17. The quantitative estimate of drug-likeness (QED) is 0.606. The molecule has 134 valence electrons. The van der Waals surface area contributed by atoms with Gasteiger partial charge >= 0.3 is 12.1 Å². The van der Waals surface area contributed by atoms with Gasteiger partial charge in [-0.3, -0.25) is 14.5 Å². The molecule has 0 bridgehead atoms. The van der Waals surface area contributed by atoms with Crippen molar-refractivity contribution in [2.24, 2.45) is 0 Å². The van der Waals surface area contributed by atoms with Gasteiger partial charge in [0.15, 0.2) is 0 Å². The van der Waals surface area contributed by atoms with Crippen LogP contribution in [0.2, 0.25) is 0 Å². The highest BCUT2D eigenvalue weighted by Gasteiger charge is 2.34. The molecule has 1 aromatic carbocycles. The third kappa shape index (κ3) is 3.79. The van der Waals surface area contributed by atoms with E-state index in [1.807, 2.05) is 0 Å². The van der Waals surface area contributed by atoms with Crippen molar-refractivity contribution >= 4 is 23.5 Å². The van der Waals surface area contributed by atoms with Crippen molar-refractivity contribution < 1.29 is 37.4 Å². The number of hydrogen-bond acceptors (Lipinski definition) is 6. The number of aliphatic hydroxyl groups is 1. The molecule has 0 fully saturated rings. The zero-order valence-electron chi connectivity index (χ0n) is 12.9. The number of amides is 2. The topological polar surface area (TPSA) is 95.9 Å². The molecule has 0 aliphatic carbocycles. The zero-order chi connectivity index (χ0) is 18.8. The van der Waals surface area contributed by atoms with E-state index in [9.17, 15) is 27.6 Å². The number of ether oxygens (including phenoxy) is 1. The van der Waals surface area contributed by atoms with Gasteiger partial charge < -0.3 is 15.2 Å². The standard InChI is InChI=1S/C15H13F3N2O5/c1-25-14(24)9-3-2-8(15(16,17)18)6-10(9)19-11-7-12(22)20(4-5-21)13(11)23/h2-3,6-7,19,21H,4-5H2,1H3. The van der Waals surface area contributed by atoms with Gasteiger partial charge in [0.2, 0.25) is 0 Å². The Labute approximate surface area is 139 Å². The Morgan fingerprint density at radius 2 is 2.00 bits per heavy atom. The van der Waals surface area contributed by atoms with Gasteiger partial charge in [-0.05, 0) is 18.2 Å². The van der Waals surface area contributed by atoms with Crippen LogP contribution in [-0.2, 0) is 20.5 Å². The van der Waals surface area contributed by atoms with Crippen molar-refractivity contribution in [3.05, 3.63) is 41.1 Å². The van der Waals surface area contributed by atoms with E-state index in [2.05, 4.69) is 10.1 Å². The number of hydrogen-bond donors (Lipinski definition) is 2. The van der Waals surface area contributed by atoms with E-state index < -0.39 is 36.1 Å². The summed E-state index contributed by atoms with van der Waals surface area (Å²) in [4.78, 5) is 36.2. The molecule has 0 spiro atoms. The minimum absolute atomic E-state index is 0.239. The molecule has 0 unspecified atom stereocenters. The van der Waals surface area contributed by atoms with E-state index in [-0.39, 0.29) is 23.5 Å². The second kappa shape index (κ2) is 6.93. The molecule has 1 aliphatic heterocycles. The summed E-state index contributed by atoms with van der Waals surface area (Å²) in [5.41, 5.74) is -1.94. The Bertz CT molecular complexity index is 758. The minimum Gasteiger partial charge on any atom is -0.465 e. The molecular weight excluding hydrogens is 345 g/mol. The number of esters is 1. The molecule has 1 aromatic rings. The first-order valence-electron chi connectivity index (χ1n) is 6.94. The summed E-state index contributed by atoms with van der Waals surface area (Å²) < 4.78 is 43.1. The van der Waals surface area contributed by atoms with Crippen LogP contribution in [0.3, 0.4) is 0 Å². The van der Waals surface area contributed by atoms with Crippen molar-refractivity contribution in [2.75, 3.05) is 25.6 Å². The number of imide groups is 1. The van der Waals surface area contributed by atoms with E-state index >= 15 is 0 Å². The summed E-state index contributed by atoms with van der Waals surface area (Å²) in [7, 11) is 1.05. The lowest BCUT2D eigenvalue weighted by atomic mass is 10.1. The number of alkyl halides is 3. The van der Waals surface area contributed by atoms with E-state index in [1.165, 1.54) is 0 Å². The number of β-amino-alcohol motifs (C(OH)–C–C–N with tert-alkyl or cyclic N) is 1. The Kier molecular flexibility index (Phi) is 5.12. The number of nitrogens with zero attached hydrogens (tertiary/aromatic N) is 1. The van der Waals surface area contributed by atoms with Gasteiger partial charge in [-0.15, -0.1) is 0 Å². The number of benzene rings is 1. The van der Waals surface area contributed by atoms with Gasteiger partial charge in [0.05, 0.1) is 37.1 Å². The predicted molar refractivity (Wildman–Crippen MR) is 78.3 cm³/mol. The Morgan fingerprint density at radius 1 is 1.32 bits per heavy atom. The second-order valence-electron chi connectivity index (χ2n) is 4.95. The van der Waals surface area contributed by atoms with Gasteiger partial charge in [-0.1, -0.05) is 0 Å². The molecular formula is C15H13F3N2O5. The van der Waals surface area contributed by atoms with E-state index in [1.54, 1.807) is 0 Å². The average Bonchev–Trinajstić information content (AvgIpc) is 2.81. The minimum atomic E-state index is -4.67. The summed E-state index contributed by atoms with van der Waals surface area (Å²) in [6, 6.07) is 2.25. The van der Waals surface area contributed by atoms with Crippen molar-refractivity contribution in [3.63, 3.8) is 0 Å². The summed E-state index contributed by atoms with van der Waals surface area (Å²) >= 11 is 0. The fourth-order valence-corrected chi connectivity index (χ4v) is 2.17. The molecule has 7 nitrogen and oxygen atoms in total. The average molecular weight is 358 g/mol. The number of aliphatic hydroxyl groups excluding tert-OH is 1. The molecule has 2 amide bonds. The Hall–Kier alpha value is -2.88. The highest BCUT2D eigenvalue weighted by atomic mass is 19.4. The summed E-state index contributed by atoms with van der Waals surface area (Å²) in [5, 5.41) is 11.2. The van der Waals surface area contributed by atoms with Crippen molar-refractivity contribution in [2.45, 2.75) is 6.18 Å². The third-order valence-corrected chi connectivity index (χ3v) is 3.35. The number of carbonyl (C=O) groups is 3. The largest absolute Gasteiger partial charge is 0.465 e. The molecule has 0 aromatic heterocycles. The third-order valence-electron chi connectivity index (χ3n) is 3.35. The second-order valence-corrected chi connectivity index (χ2v) is 4.95. The van der Waals surface area contributed by atoms with E-state index in [4.69, 9.17) is 5.11 Å². The van der Waals surface area contributed by atoms with E-state index in [0.717, 1.165) is 19.3 Å². The first kappa shape index (κ1) is 18.5. The summed E-state index contributed by atoms with van der Waals surface area (Å²) in [6.45, 7) is -0.721. The normalized spacial score (nSPS) is 14.6. The van der Waals surface area contributed by atoms with Crippen LogP contribution in [0, 0.1) is 0 Å². The molecule has 0 atom stereocenters. The van der Waals surface area contributed by atoms with Crippen LogP contribution < -0.4 is 5.32 Å². The predicted octanol–water partition coefficient (Wildman–Crippen LogP) is 1.15. The number of nitrogens with one attached hydrogen (secondary N) is 1. The van der Waals surface area contributed by atoms with Crippen LogP contribution >= 0.6 is 0 Å². The molecule has 25 heavy (non-hydrogen) atoms. The first-order chi connectivity index (χ1) is 11.7. The number of rotatable bonds is 5. The smallest absolute Gasteiger partial charge is 0.416 e. The van der Waals surface area contributed by atoms with Gasteiger partial charge in [-0.2, -0.15) is 13.2 Å². The molecule has 10 heteroatoms. The SMILES string of the molecule is COC(=O)c1ccc(C(F)(F)F)cc1NC1=CC(=O)N(CCO)C1=O. The van der Waals surface area contributed by atoms with Crippen LogP contribution in [0.25, 0.3) is 0 Å². The van der Waals surface area contributed by atoms with Crippen LogP contribution in [0.15, 0.2) is 30.0 Å². The molecule has 2 N–H and O–H groups in total. The van der Waals surface area contributed by atoms with Crippen LogP contribution in [0.1, 0.15) is 15.9 Å². The van der Waals surface area contributed by atoms with Crippen LogP contribution in [-0.4, -0.2) is 48.1 Å². The molecule has 1 heterocycles. The maximum atomic E-state index is 12.9. The maximum Gasteiger partial charge on any atom is 0.416 e. The van der Waals surface area contributed by atoms with Crippen molar-refractivity contribution in [3.8, 4) is 0 Å². The molecule has 1 aliphatic rings. The van der Waals surface area contributed by atoms with Crippen LogP contribution in [0.5, 0.6) is 0 Å². The molecule has 0 saturated carbocycles. The lowest BCUT2D eigenvalue weighted by Crippen LogP contribution is -2.34. The number of anilines is 1. The van der Waals surface area contributed by atoms with Crippen LogP contribution in [0.4, 0.5) is 18.9 Å². The fraction of sp³-hybridized carbons (Fsp3) is 0.267. The van der Waals surface area contributed by atoms with Gasteiger partial charge in [0.25, 0.3) is 11.8 Å². The van der Waals surface area contributed by atoms with Crippen molar-refractivity contribution in [1.82, 2.24) is 4.90 Å². The number of methoxy groups -OCH3 is 1. The maximum absolute atomic E-state index is 12.9.